The van der Waals surface area contributed by atoms with Crippen LogP contribution in [0.2, 0.25) is 0 Å². The number of hydrogen-bond donors (Lipinski definition) is 0. The highest BCUT2D eigenvalue weighted by molar-refractivity contribution is 6.14. The van der Waals surface area contributed by atoms with Crippen LogP contribution in [-0.2, 0) is 4.79 Å². The number of benzene rings is 2. The van der Waals surface area contributed by atoms with Gasteiger partial charge in [-0.1, -0.05) is 13.8 Å². The zero-order chi connectivity index (χ0) is 18.8. The molecule has 0 unspecified atom stereocenters. The second kappa shape index (κ2) is 6.79. The summed E-state index contributed by atoms with van der Waals surface area (Å²) in [5.41, 5.74) is 0.923. The van der Waals surface area contributed by atoms with E-state index in [1.165, 1.54) is 48.5 Å². The van der Waals surface area contributed by atoms with Crippen LogP contribution in [-0.4, -0.2) is 16.7 Å². The molecular weight excluding hydrogens is 338 g/mol. The highest BCUT2D eigenvalue weighted by atomic mass is 16.6. The van der Waals surface area contributed by atoms with Gasteiger partial charge in [-0.2, -0.15) is 0 Å². The summed E-state index contributed by atoms with van der Waals surface area (Å²) in [5.74, 6) is -0.260. The molecule has 0 aliphatic carbocycles. The number of nitrogens with zero attached hydrogens (tertiary/aromatic N) is 1. The first-order chi connectivity index (χ1) is 12.3. The lowest BCUT2D eigenvalue weighted by molar-refractivity contribution is -0.384. The normalized spacial score (nSPS) is 14.3. The highest BCUT2D eigenvalue weighted by Gasteiger charge is 2.28. The zero-order valence-corrected chi connectivity index (χ0v) is 14.1. The molecule has 0 saturated carbocycles. The minimum absolute atomic E-state index is 0.0364. The van der Waals surface area contributed by atoms with E-state index in [-0.39, 0.29) is 29.1 Å². The first-order valence-corrected chi connectivity index (χ1v) is 7.89. The van der Waals surface area contributed by atoms with Gasteiger partial charge >= 0.3 is 5.97 Å². The van der Waals surface area contributed by atoms with Crippen LogP contribution in [0.3, 0.4) is 0 Å². The summed E-state index contributed by atoms with van der Waals surface area (Å²) in [6.45, 7) is 3.45. The van der Waals surface area contributed by atoms with Crippen molar-refractivity contribution in [3.63, 3.8) is 0 Å². The highest BCUT2D eigenvalue weighted by Crippen LogP contribution is 2.35. The van der Waals surface area contributed by atoms with Gasteiger partial charge in [-0.25, -0.2) is 0 Å². The van der Waals surface area contributed by atoms with Crippen molar-refractivity contribution in [2.75, 3.05) is 0 Å². The van der Waals surface area contributed by atoms with Gasteiger partial charge in [0.1, 0.15) is 11.5 Å². The van der Waals surface area contributed by atoms with Crippen molar-refractivity contribution in [1.29, 1.82) is 0 Å². The molecule has 3 rings (SSSR count). The molecule has 1 aliphatic rings. The molecule has 0 radical (unpaired) electrons. The van der Waals surface area contributed by atoms with E-state index in [2.05, 4.69) is 0 Å². The van der Waals surface area contributed by atoms with Crippen LogP contribution in [0.4, 0.5) is 5.69 Å². The van der Waals surface area contributed by atoms with E-state index < -0.39 is 4.92 Å². The number of nitro groups is 1. The maximum absolute atomic E-state index is 12.4. The number of nitro benzene ring substituents is 1. The average molecular weight is 353 g/mol. The van der Waals surface area contributed by atoms with E-state index in [1.54, 1.807) is 13.8 Å². The van der Waals surface area contributed by atoms with E-state index in [0.717, 1.165) is 0 Å². The Hall–Kier alpha value is -3.48. The number of rotatable bonds is 4. The van der Waals surface area contributed by atoms with Crippen molar-refractivity contribution in [1.82, 2.24) is 0 Å². The fraction of sp³-hybridized carbons (Fsp3) is 0.158. The average Bonchev–Trinajstić information content (AvgIpc) is 2.90. The summed E-state index contributed by atoms with van der Waals surface area (Å²) in [6, 6.07) is 10.3. The number of hydrogen-bond acceptors (Lipinski definition) is 6. The Kier molecular flexibility index (Phi) is 4.53. The van der Waals surface area contributed by atoms with Crippen LogP contribution in [0.5, 0.6) is 11.5 Å². The number of ether oxygens (including phenoxy) is 2. The van der Waals surface area contributed by atoms with Gasteiger partial charge in [0.15, 0.2) is 5.76 Å². The molecule has 0 fully saturated rings. The maximum atomic E-state index is 12.4. The molecule has 26 heavy (non-hydrogen) atoms. The number of carbonyl (C=O) groups is 2. The molecule has 1 aliphatic heterocycles. The standard InChI is InChI=1S/C19H15NO6/c1-11(2)19(22)25-14-7-8-15-16(10-14)26-17(18(15)21)9-12-3-5-13(6-4-12)20(23)24/h3-11H,1-2H3/b17-9-. The third-order valence-corrected chi connectivity index (χ3v) is 3.73. The van der Waals surface area contributed by atoms with E-state index in [4.69, 9.17) is 9.47 Å². The summed E-state index contributed by atoms with van der Waals surface area (Å²) >= 11 is 0. The maximum Gasteiger partial charge on any atom is 0.313 e. The molecule has 0 amide bonds. The van der Waals surface area contributed by atoms with Crippen molar-refractivity contribution in [3.05, 3.63) is 69.5 Å². The van der Waals surface area contributed by atoms with E-state index in [9.17, 15) is 19.7 Å². The first kappa shape index (κ1) is 17.3. The molecule has 2 aromatic carbocycles. The van der Waals surface area contributed by atoms with Gasteiger partial charge in [-0.15, -0.1) is 0 Å². The van der Waals surface area contributed by atoms with E-state index >= 15 is 0 Å². The predicted octanol–water partition coefficient (Wildman–Crippen LogP) is 3.77. The van der Waals surface area contributed by atoms with Crippen molar-refractivity contribution in [2.45, 2.75) is 13.8 Å². The van der Waals surface area contributed by atoms with Gasteiger partial charge in [0.25, 0.3) is 5.69 Å². The zero-order valence-electron chi connectivity index (χ0n) is 14.1. The van der Waals surface area contributed by atoms with Gasteiger partial charge in [-0.05, 0) is 35.9 Å². The molecule has 1 heterocycles. The number of non-ortho nitro benzene ring substituents is 1. The minimum atomic E-state index is -0.496. The van der Waals surface area contributed by atoms with Crippen LogP contribution >= 0.6 is 0 Å². The molecule has 0 aromatic heterocycles. The second-order valence-corrected chi connectivity index (χ2v) is 6.02. The Labute approximate surface area is 149 Å². The number of Topliss-reactive ketones (excluding diaryl/α,β-unsaturated/α-hetero) is 1. The van der Waals surface area contributed by atoms with Crippen LogP contribution < -0.4 is 9.47 Å². The number of allylic oxidation sites excluding steroid dienone is 1. The largest absolute Gasteiger partial charge is 0.452 e. The fourth-order valence-electron chi connectivity index (χ4n) is 2.31. The van der Waals surface area contributed by atoms with Crippen molar-refractivity contribution >= 4 is 23.5 Å². The molecule has 0 saturated heterocycles. The summed E-state index contributed by atoms with van der Waals surface area (Å²) in [6.07, 6.45) is 1.51. The summed E-state index contributed by atoms with van der Waals surface area (Å²) < 4.78 is 10.8. The second-order valence-electron chi connectivity index (χ2n) is 6.02. The molecule has 0 spiro atoms. The number of fused-ring (bicyclic) bond motifs is 1. The molecular formula is C19H15NO6. The summed E-state index contributed by atoms with van der Waals surface area (Å²) in [7, 11) is 0. The van der Waals surface area contributed by atoms with Gasteiger partial charge in [-0.3, -0.25) is 19.7 Å². The fourth-order valence-corrected chi connectivity index (χ4v) is 2.31. The van der Waals surface area contributed by atoms with Gasteiger partial charge in [0.2, 0.25) is 5.78 Å². The van der Waals surface area contributed by atoms with Gasteiger partial charge < -0.3 is 9.47 Å². The molecule has 7 nitrogen and oxygen atoms in total. The van der Waals surface area contributed by atoms with Gasteiger partial charge in [0.05, 0.1) is 16.4 Å². The minimum Gasteiger partial charge on any atom is -0.452 e. The molecule has 132 valence electrons. The van der Waals surface area contributed by atoms with Crippen molar-refractivity contribution in [2.24, 2.45) is 5.92 Å². The Morgan fingerprint density at radius 3 is 2.50 bits per heavy atom. The van der Waals surface area contributed by atoms with Crippen molar-refractivity contribution in [3.8, 4) is 11.5 Å². The molecule has 0 atom stereocenters. The molecule has 0 N–H and O–H groups in total. The van der Waals surface area contributed by atoms with E-state index in [0.29, 0.717) is 22.6 Å². The Bertz CT molecular complexity index is 928. The van der Waals surface area contributed by atoms with E-state index in [1.807, 2.05) is 0 Å². The lowest BCUT2D eigenvalue weighted by Gasteiger charge is -2.07. The Balaban J connectivity index is 1.82. The lowest BCUT2D eigenvalue weighted by Crippen LogP contribution is -2.14. The number of carbonyl (C=O) groups excluding carboxylic acids is 2. The van der Waals surface area contributed by atoms with Crippen LogP contribution in [0.25, 0.3) is 6.08 Å². The Morgan fingerprint density at radius 1 is 1.19 bits per heavy atom. The molecule has 7 heteroatoms. The molecule has 0 bridgehead atoms. The predicted molar refractivity (Wildman–Crippen MR) is 92.9 cm³/mol. The van der Waals surface area contributed by atoms with Crippen LogP contribution in [0, 0.1) is 16.0 Å². The summed E-state index contributed by atoms with van der Waals surface area (Å²) in [4.78, 5) is 34.3. The third kappa shape index (κ3) is 3.46. The van der Waals surface area contributed by atoms with Crippen LogP contribution in [0.15, 0.2) is 48.2 Å². The third-order valence-electron chi connectivity index (χ3n) is 3.73. The topological polar surface area (TPSA) is 95.7 Å². The quantitative estimate of drug-likeness (QED) is 0.273. The SMILES string of the molecule is CC(C)C(=O)Oc1ccc2c(c1)O/C(=C\c1ccc([N+](=O)[O-])cc1)C2=O. The van der Waals surface area contributed by atoms with Gasteiger partial charge in [0, 0.05) is 18.2 Å². The lowest BCUT2D eigenvalue weighted by atomic mass is 10.1. The number of esters is 1. The van der Waals surface area contributed by atoms with Crippen LogP contribution in [0.1, 0.15) is 29.8 Å². The Morgan fingerprint density at radius 2 is 1.88 bits per heavy atom. The smallest absolute Gasteiger partial charge is 0.313 e. The number of ketones is 1. The molecule has 2 aromatic rings. The first-order valence-electron chi connectivity index (χ1n) is 7.89. The summed E-state index contributed by atoms with van der Waals surface area (Å²) in [5, 5.41) is 10.7. The monoisotopic (exact) mass is 353 g/mol. The van der Waals surface area contributed by atoms with Crippen molar-refractivity contribution < 1.29 is 24.0 Å².